The van der Waals surface area contributed by atoms with Crippen LogP contribution in [0.1, 0.15) is 25.5 Å². The summed E-state index contributed by atoms with van der Waals surface area (Å²) >= 11 is 0. The van der Waals surface area contributed by atoms with Crippen molar-refractivity contribution in [2.24, 2.45) is 0 Å². The molecular formula is C15H11F3O6S. The largest absolute Gasteiger partial charge is 0.534 e. The molecule has 0 spiro atoms. The first-order valence-electron chi connectivity index (χ1n) is 7.00. The monoisotopic (exact) mass is 376 g/mol. The number of fused-ring (bicyclic) bond motifs is 2. The van der Waals surface area contributed by atoms with E-state index >= 15 is 0 Å². The van der Waals surface area contributed by atoms with E-state index < -0.39 is 32.9 Å². The second-order valence-electron chi connectivity index (χ2n) is 5.57. The summed E-state index contributed by atoms with van der Waals surface area (Å²) in [4.78, 5) is 11.3. The van der Waals surface area contributed by atoms with Crippen LogP contribution < -0.4 is 9.81 Å². The van der Waals surface area contributed by atoms with E-state index in [1.165, 1.54) is 18.2 Å². The van der Waals surface area contributed by atoms with Crippen LogP contribution in [0.2, 0.25) is 0 Å². The van der Waals surface area contributed by atoms with Crippen molar-refractivity contribution in [2.45, 2.75) is 25.3 Å². The van der Waals surface area contributed by atoms with E-state index in [0.717, 1.165) is 6.07 Å². The van der Waals surface area contributed by atoms with Gasteiger partial charge in [-0.25, -0.2) is 4.79 Å². The van der Waals surface area contributed by atoms with Crippen molar-refractivity contribution in [3.8, 4) is 5.75 Å². The first-order valence-corrected chi connectivity index (χ1v) is 8.41. The van der Waals surface area contributed by atoms with Crippen molar-refractivity contribution >= 4 is 32.1 Å². The Morgan fingerprint density at radius 2 is 1.76 bits per heavy atom. The Balaban J connectivity index is 2.30. The molecule has 6 nitrogen and oxygen atoms in total. The zero-order valence-corrected chi connectivity index (χ0v) is 13.7. The number of hydrogen-bond acceptors (Lipinski definition) is 6. The summed E-state index contributed by atoms with van der Waals surface area (Å²) in [5, 5.41) is 0.398. The Morgan fingerprint density at radius 3 is 2.36 bits per heavy atom. The van der Waals surface area contributed by atoms with Crippen LogP contribution in [0.25, 0.3) is 21.9 Å². The van der Waals surface area contributed by atoms with Crippen LogP contribution in [0.5, 0.6) is 5.75 Å². The number of halogens is 3. The van der Waals surface area contributed by atoms with Crippen LogP contribution in [0.3, 0.4) is 0 Å². The molecule has 0 atom stereocenters. The van der Waals surface area contributed by atoms with Gasteiger partial charge in [0.25, 0.3) is 0 Å². The van der Waals surface area contributed by atoms with Crippen molar-refractivity contribution in [1.82, 2.24) is 0 Å². The Hall–Kier alpha value is -2.49. The average molecular weight is 376 g/mol. The zero-order chi connectivity index (χ0) is 18.6. The van der Waals surface area contributed by atoms with E-state index in [2.05, 4.69) is 4.18 Å². The molecule has 0 saturated carbocycles. The number of alkyl halides is 3. The molecule has 0 radical (unpaired) electrons. The summed E-state index contributed by atoms with van der Waals surface area (Å²) in [6, 6.07) is 5.16. The fourth-order valence-electron chi connectivity index (χ4n) is 2.28. The van der Waals surface area contributed by atoms with Crippen LogP contribution in [-0.4, -0.2) is 13.9 Å². The summed E-state index contributed by atoms with van der Waals surface area (Å²) in [5.74, 6) is -1.06. The molecule has 10 heteroatoms. The highest BCUT2D eigenvalue weighted by atomic mass is 32.2. The van der Waals surface area contributed by atoms with Crippen molar-refractivity contribution in [2.75, 3.05) is 0 Å². The summed E-state index contributed by atoms with van der Waals surface area (Å²) in [6.07, 6.45) is 0. The minimum Gasteiger partial charge on any atom is -0.457 e. The molecule has 0 fully saturated rings. The van der Waals surface area contributed by atoms with Gasteiger partial charge in [-0.2, -0.15) is 21.6 Å². The highest BCUT2D eigenvalue weighted by molar-refractivity contribution is 7.88. The summed E-state index contributed by atoms with van der Waals surface area (Å²) < 4.78 is 75.6. The van der Waals surface area contributed by atoms with Gasteiger partial charge in [-0.3, -0.25) is 0 Å². The highest BCUT2D eigenvalue weighted by Crippen LogP contribution is 2.41. The normalized spacial score (nSPS) is 13.0. The molecule has 0 N–H and O–H groups in total. The highest BCUT2D eigenvalue weighted by Gasteiger charge is 2.49. The smallest absolute Gasteiger partial charge is 0.457 e. The molecule has 0 bridgehead atoms. The third kappa shape index (κ3) is 2.97. The second-order valence-corrected chi connectivity index (χ2v) is 7.11. The fourth-order valence-corrected chi connectivity index (χ4v) is 2.76. The van der Waals surface area contributed by atoms with E-state index in [1.54, 1.807) is 13.8 Å². The molecule has 25 heavy (non-hydrogen) atoms. The molecule has 2 heterocycles. The Labute approximate surface area is 138 Å². The van der Waals surface area contributed by atoms with Crippen molar-refractivity contribution in [1.29, 1.82) is 0 Å². The molecule has 134 valence electrons. The van der Waals surface area contributed by atoms with Gasteiger partial charge < -0.3 is 13.0 Å². The fraction of sp³-hybridized carbons (Fsp3) is 0.267. The Kier molecular flexibility index (Phi) is 3.82. The van der Waals surface area contributed by atoms with Crippen LogP contribution in [0.15, 0.2) is 37.9 Å². The number of rotatable bonds is 3. The maximum Gasteiger partial charge on any atom is 0.534 e. The SMILES string of the molecule is CC(C)c1oc2cc3oc(=O)ccc3cc2c1OS(=O)(=O)C(F)(F)F. The molecule has 0 unspecified atom stereocenters. The lowest BCUT2D eigenvalue weighted by Crippen LogP contribution is -2.28. The first-order chi connectivity index (χ1) is 11.5. The summed E-state index contributed by atoms with van der Waals surface area (Å²) in [6.45, 7) is 3.20. The standard InChI is InChI=1S/C15H11F3O6S/c1-7(2)13-14(24-25(20,21)15(16,17)18)9-5-8-3-4-12(19)22-10(8)6-11(9)23-13/h3-7H,1-2H3. The number of hydrogen-bond donors (Lipinski definition) is 0. The Bertz CT molecular complexity index is 1120. The summed E-state index contributed by atoms with van der Waals surface area (Å²) in [7, 11) is -5.86. The van der Waals surface area contributed by atoms with E-state index in [1.807, 2.05) is 0 Å². The van der Waals surface area contributed by atoms with Crippen molar-refractivity contribution < 1.29 is 34.6 Å². The summed E-state index contributed by atoms with van der Waals surface area (Å²) in [5.41, 5.74) is -6.00. The van der Waals surface area contributed by atoms with Gasteiger partial charge in [-0.05, 0) is 12.1 Å². The molecule has 0 amide bonds. The van der Waals surface area contributed by atoms with Crippen molar-refractivity contribution in [3.05, 3.63) is 40.4 Å². The molecule has 0 aliphatic carbocycles. The van der Waals surface area contributed by atoms with Gasteiger partial charge in [0, 0.05) is 23.4 Å². The average Bonchev–Trinajstić information content (AvgIpc) is 2.81. The predicted octanol–water partition coefficient (Wildman–Crippen LogP) is 3.89. The minimum atomic E-state index is -5.86. The molecule has 0 saturated heterocycles. The molecule has 3 aromatic rings. The molecule has 1 aromatic carbocycles. The second kappa shape index (κ2) is 5.51. The molecule has 0 aliphatic heterocycles. The minimum absolute atomic E-state index is 0.0258. The van der Waals surface area contributed by atoms with Gasteiger partial charge in [0.15, 0.2) is 11.5 Å². The van der Waals surface area contributed by atoms with Gasteiger partial charge >= 0.3 is 21.3 Å². The van der Waals surface area contributed by atoms with Crippen LogP contribution in [-0.2, 0) is 10.1 Å². The van der Waals surface area contributed by atoms with Gasteiger partial charge in [-0.15, -0.1) is 0 Å². The predicted molar refractivity (Wildman–Crippen MR) is 81.9 cm³/mol. The molecule has 0 aliphatic rings. The zero-order valence-electron chi connectivity index (χ0n) is 12.9. The maximum atomic E-state index is 12.7. The lowest BCUT2D eigenvalue weighted by atomic mass is 10.1. The molecular weight excluding hydrogens is 365 g/mol. The maximum absolute atomic E-state index is 12.7. The lowest BCUT2D eigenvalue weighted by molar-refractivity contribution is -0.0500. The first kappa shape index (κ1) is 17.3. The van der Waals surface area contributed by atoms with E-state index in [4.69, 9.17) is 8.83 Å². The lowest BCUT2D eigenvalue weighted by Gasteiger charge is -2.10. The third-order valence-corrected chi connectivity index (χ3v) is 4.36. The van der Waals surface area contributed by atoms with Gasteiger partial charge in [-0.1, -0.05) is 13.8 Å². The van der Waals surface area contributed by atoms with E-state index in [0.29, 0.717) is 5.39 Å². The van der Waals surface area contributed by atoms with E-state index in [-0.39, 0.29) is 22.3 Å². The van der Waals surface area contributed by atoms with Gasteiger partial charge in [0.1, 0.15) is 11.2 Å². The number of benzene rings is 1. The topological polar surface area (TPSA) is 86.7 Å². The van der Waals surface area contributed by atoms with Crippen LogP contribution in [0.4, 0.5) is 13.2 Å². The number of furan rings is 1. The molecule has 3 rings (SSSR count). The van der Waals surface area contributed by atoms with Crippen molar-refractivity contribution in [3.63, 3.8) is 0 Å². The van der Waals surface area contributed by atoms with Crippen LogP contribution >= 0.6 is 0 Å². The van der Waals surface area contributed by atoms with Crippen LogP contribution in [0, 0.1) is 0 Å². The van der Waals surface area contributed by atoms with Gasteiger partial charge in [0.05, 0.1) is 5.39 Å². The quantitative estimate of drug-likeness (QED) is 0.392. The van der Waals surface area contributed by atoms with Gasteiger partial charge in [0.2, 0.25) is 0 Å². The molecule has 2 aromatic heterocycles. The third-order valence-electron chi connectivity index (χ3n) is 3.41. The van der Waals surface area contributed by atoms with E-state index in [9.17, 15) is 26.4 Å². The Morgan fingerprint density at radius 1 is 1.08 bits per heavy atom.